The number of esters is 2. The summed E-state index contributed by atoms with van der Waals surface area (Å²) in [5.74, 6) is -1.83. The van der Waals surface area contributed by atoms with Crippen LogP contribution in [0.1, 0.15) is 16.7 Å². The fourth-order valence-corrected chi connectivity index (χ4v) is 3.79. The maximum atomic E-state index is 12.8. The maximum Gasteiger partial charge on any atom is 0.318 e. The van der Waals surface area contributed by atoms with Gasteiger partial charge < -0.3 is 14.2 Å². The second kappa shape index (κ2) is 13.3. The van der Waals surface area contributed by atoms with Crippen molar-refractivity contribution in [1.29, 1.82) is 0 Å². The summed E-state index contributed by atoms with van der Waals surface area (Å²) < 4.78 is 16.2. The van der Waals surface area contributed by atoms with Crippen molar-refractivity contribution < 1.29 is 23.8 Å². The SMILES string of the molecule is COC(=O)[C@H](COC(=O)[C@H](COC(c1ccccc1)(c1ccccc1)c1ccccc1)N=[N+]=[N-])N=[N+]=[N-]. The van der Waals surface area contributed by atoms with Crippen molar-refractivity contribution in [3.8, 4) is 0 Å². The lowest BCUT2D eigenvalue weighted by Gasteiger charge is -2.36. The number of nitrogens with zero attached hydrogens (tertiary/aromatic N) is 6. The van der Waals surface area contributed by atoms with Gasteiger partial charge in [-0.25, -0.2) is 0 Å². The van der Waals surface area contributed by atoms with E-state index in [0.717, 1.165) is 23.8 Å². The van der Waals surface area contributed by atoms with Crippen LogP contribution in [-0.2, 0) is 29.4 Å². The largest absolute Gasteiger partial charge is 0.469 e. The number of carbonyl (C=O) groups excluding carboxylic acids is 2. The molecule has 3 rings (SSSR count). The third-order valence-corrected chi connectivity index (χ3v) is 5.51. The fraction of sp³-hybridized carbons (Fsp3) is 0.231. The summed E-state index contributed by atoms with van der Waals surface area (Å²) in [6.07, 6.45) is 0. The second-order valence-corrected chi connectivity index (χ2v) is 7.68. The number of hydrogen-bond donors (Lipinski definition) is 0. The maximum absolute atomic E-state index is 12.8. The number of rotatable bonds is 12. The van der Waals surface area contributed by atoms with Crippen LogP contribution in [0.15, 0.2) is 101 Å². The number of methoxy groups -OCH3 is 1. The van der Waals surface area contributed by atoms with Crippen molar-refractivity contribution in [3.63, 3.8) is 0 Å². The quantitative estimate of drug-likeness (QED) is 0.111. The van der Waals surface area contributed by atoms with Crippen LogP contribution < -0.4 is 0 Å². The number of azide groups is 2. The highest BCUT2D eigenvalue weighted by Crippen LogP contribution is 2.40. The molecule has 0 N–H and O–H groups in total. The molecule has 0 heterocycles. The molecule has 0 aliphatic carbocycles. The third kappa shape index (κ3) is 6.45. The van der Waals surface area contributed by atoms with Gasteiger partial charge in [0.1, 0.15) is 12.2 Å². The molecule has 3 aromatic carbocycles. The van der Waals surface area contributed by atoms with Crippen LogP contribution in [0.5, 0.6) is 0 Å². The molecule has 0 spiro atoms. The topological polar surface area (TPSA) is 159 Å². The van der Waals surface area contributed by atoms with Crippen molar-refractivity contribution in [2.45, 2.75) is 17.7 Å². The number of carbonyl (C=O) groups is 2. The van der Waals surface area contributed by atoms with Crippen molar-refractivity contribution in [2.24, 2.45) is 10.2 Å². The van der Waals surface area contributed by atoms with E-state index in [9.17, 15) is 9.59 Å². The molecule has 3 aromatic rings. The van der Waals surface area contributed by atoms with E-state index >= 15 is 0 Å². The van der Waals surface area contributed by atoms with Gasteiger partial charge in [0, 0.05) is 9.82 Å². The highest BCUT2D eigenvalue weighted by atomic mass is 16.6. The van der Waals surface area contributed by atoms with E-state index in [1.165, 1.54) is 0 Å². The van der Waals surface area contributed by atoms with Gasteiger partial charge in [-0.05, 0) is 27.8 Å². The Balaban J connectivity index is 1.97. The lowest BCUT2D eigenvalue weighted by Crippen LogP contribution is -2.38. The molecular formula is C26H24N6O5. The van der Waals surface area contributed by atoms with Gasteiger partial charge in [-0.2, -0.15) is 0 Å². The summed E-state index contributed by atoms with van der Waals surface area (Å²) in [7, 11) is 1.11. The van der Waals surface area contributed by atoms with Crippen molar-refractivity contribution in [1.82, 2.24) is 0 Å². The van der Waals surface area contributed by atoms with Crippen LogP contribution in [0.25, 0.3) is 20.9 Å². The number of hydrogen-bond acceptors (Lipinski definition) is 7. The average Bonchev–Trinajstić information content (AvgIpc) is 2.96. The second-order valence-electron chi connectivity index (χ2n) is 7.68. The molecule has 0 radical (unpaired) electrons. The molecule has 0 aliphatic rings. The Labute approximate surface area is 212 Å². The molecule has 0 bridgehead atoms. The first-order chi connectivity index (χ1) is 18.1. The monoisotopic (exact) mass is 500 g/mol. The first-order valence-corrected chi connectivity index (χ1v) is 11.2. The van der Waals surface area contributed by atoms with Crippen LogP contribution in [0.2, 0.25) is 0 Å². The van der Waals surface area contributed by atoms with Gasteiger partial charge in [0.05, 0.1) is 13.7 Å². The molecule has 37 heavy (non-hydrogen) atoms. The van der Waals surface area contributed by atoms with Crippen LogP contribution in [0, 0.1) is 0 Å². The molecule has 0 saturated heterocycles. The van der Waals surface area contributed by atoms with Crippen molar-refractivity contribution in [2.75, 3.05) is 20.3 Å². The Bertz CT molecular complexity index is 1180. The van der Waals surface area contributed by atoms with E-state index in [-0.39, 0.29) is 6.61 Å². The van der Waals surface area contributed by atoms with E-state index in [0.29, 0.717) is 0 Å². The van der Waals surface area contributed by atoms with Gasteiger partial charge in [0.25, 0.3) is 0 Å². The first-order valence-electron chi connectivity index (χ1n) is 11.2. The van der Waals surface area contributed by atoms with Crippen molar-refractivity contribution >= 4 is 11.9 Å². The highest BCUT2D eigenvalue weighted by molar-refractivity contribution is 5.78. The molecule has 11 heteroatoms. The predicted octanol–water partition coefficient (Wildman–Crippen LogP) is 5.07. The van der Waals surface area contributed by atoms with Gasteiger partial charge in [-0.3, -0.25) is 9.59 Å². The lowest BCUT2D eigenvalue weighted by atomic mass is 9.80. The predicted molar refractivity (Wildman–Crippen MR) is 134 cm³/mol. The highest BCUT2D eigenvalue weighted by Gasteiger charge is 2.39. The minimum absolute atomic E-state index is 0.355. The lowest BCUT2D eigenvalue weighted by molar-refractivity contribution is -0.152. The van der Waals surface area contributed by atoms with E-state index in [4.69, 9.17) is 20.5 Å². The summed E-state index contributed by atoms with van der Waals surface area (Å²) in [5, 5.41) is 6.83. The molecule has 2 atom stereocenters. The van der Waals surface area contributed by atoms with E-state index in [1.54, 1.807) is 0 Å². The zero-order valence-corrected chi connectivity index (χ0v) is 20.0. The Kier molecular flexibility index (Phi) is 9.64. The molecular weight excluding hydrogens is 476 g/mol. The number of ether oxygens (including phenoxy) is 3. The Morgan fingerprint density at radius 2 is 1.14 bits per heavy atom. The van der Waals surface area contributed by atoms with E-state index in [2.05, 4.69) is 24.8 Å². The van der Waals surface area contributed by atoms with E-state index in [1.807, 2.05) is 91.0 Å². The van der Waals surface area contributed by atoms with Crippen molar-refractivity contribution in [3.05, 3.63) is 129 Å². The molecule has 0 unspecified atom stereocenters. The zero-order valence-electron chi connectivity index (χ0n) is 20.0. The van der Waals surface area contributed by atoms with Crippen LogP contribution >= 0.6 is 0 Å². The Morgan fingerprint density at radius 3 is 1.51 bits per heavy atom. The van der Waals surface area contributed by atoms with Crippen LogP contribution in [0.4, 0.5) is 0 Å². The molecule has 0 amide bonds. The molecule has 0 fully saturated rings. The van der Waals surface area contributed by atoms with Gasteiger partial charge in [0.15, 0.2) is 12.1 Å². The van der Waals surface area contributed by atoms with E-state index < -0.39 is 36.2 Å². The fourth-order valence-electron chi connectivity index (χ4n) is 3.79. The third-order valence-electron chi connectivity index (χ3n) is 5.51. The molecule has 0 aromatic heterocycles. The van der Waals surface area contributed by atoms with Gasteiger partial charge >= 0.3 is 11.9 Å². The normalized spacial score (nSPS) is 12.2. The summed E-state index contributed by atoms with van der Waals surface area (Å²) >= 11 is 0. The number of benzene rings is 3. The minimum Gasteiger partial charge on any atom is -0.469 e. The molecule has 11 nitrogen and oxygen atoms in total. The minimum atomic E-state index is -1.40. The summed E-state index contributed by atoms with van der Waals surface area (Å²) in [4.78, 5) is 29.9. The molecule has 0 aliphatic heterocycles. The average molecular weight is 501 g/mol. The van der Waals surface area contributed by atoms with Gasteiger partial charge in [-0.1, -0.05) is 101 Å². The summed E-state index contributed by atoms with van der Waals surface area (Å²) in [6, 6.07) is 25.5. The zero-order chi connectivity index (χ0) is 26.5. The first kappa shape index (κ1) is 26.8. The van der Waals surface area contributed by atoms with Gasteiger partial charge in [-0.15, -0.1) is 0 Å². The Morgan fingerprint density at radius 1 is 0.730 bits per heavy atom. The van der Waals surface area contributed by atoms with Gasteiger partial charge in [0.2, 0.25) is 0 Å². The Hall–Kier alpha value is -4.82. The molecule has 188 valence electrons. The molecule has 0 saturated carbocycles. The van der Waals surface area contributed by atoms with Crippen LogP contribution in [-0.4, -0.2) is 44.3 Å². The standard InChI is InChI=1S/C26H24N6O5/c1-35-24(33)22(29-31-27)17-36-25(34)23(30-32-28)18-37-26(19-11-5-2-6-12-19,20-13-7-3-8-14-20)21-15-9-4-10-16-21/h2-16,22-23H,17-18H2,1H3/t22-,23-/m0/s1. The van der Waals surface area contributed by atoms with Crippen LogP contribution in [0.3, 0.4) is 0 Å². The summed E-state index contributed by atoms with van der Waals surface area (Å²) in [5.41, 5.74) is 19.0. The summed E-state index contributed by atoms with van der Waals surface area (Å²) in [6.45, 7) is -0.944. The smallest absolute Gasteiger partial charge is 0.318 e.